The van der Waals surface area contributed by atoms with Gasteiger partial charge in [-0.05, 0) is 61.4 Å². The van der Waals surface area contributed by atoms with Crippen LogP contribution in [-0.2, 0) is 21.3 Å². The monoisotopic (exact) mass is 484 g/mol. The Hall–Kier alpha value is -2.66. The molecule has 0 spiro atoms. The summed E-state index contributed by atoms with van der Waals surface area (Å²) < 4.78 is 43.1. The molecule has 0 radical (unpaired) electrons. The van der Waals surface area contributed by atoms with Crippen molar-refractivity contribution in [1.82, 2.24) is 18.0 Å². The molecule has 5 rings (SSSR count). The molecule has 0 amide bonds. The van der Waals surface area contributed by atoms with Gasteiger partial charge in [0.25, 0.3) is 5.56 Å². The second kappa shape index (κ2) is 8.60. The van der Waals surface area contributed by atoms with E-state index in [0.29, 0.717) is 23.2 Å². The number of ether oxygens (including phenoxy) is 1. The van der Waals surface area contributed by atoms with Crippen molar-refractivity contribution in [3.63, 3.8) is 0 Å². The maximum atomic E-state index is 13.8. The minimum Gasteiger partial charge on any atom is -0.377 e. The largest absolute Gasteiger partial charge is 0.377 e. The topological polar surface area (TPSA) is 105 Å². The highest BCUT2D eigenvalue weighted by Crippen LogP contribution is 2.27. The number of aromatic amines is 1. The molecule has 0 aliphatic carbocycles. The summed E-state index contributed by atoms with van der Waals surface area (Å²) in [4.78, 5) is 16.0. The molecule has 172 valence electrons. The number of aryl methyl sites for hydroxylation is 2. The van der Waals surface area contributed by atoms with E-state index in [1.54, 1.807) is 24.3 Å². The normalized spacial score (nSPS) is 16.9. The van der Waals surface area contributed by atoms with Gasteiger partial charge in [0.1, 0.15) is 15.9 Å². The van der Waals surface area contributed by atoms with Crippen LogP contribution in [0, 0.1) is 13.8 Å². The first-order chi connectivity index (χ1) is 15.8. The van der Waals surface area contributed by atoms with E-state index in [2.05, 4.69) is 13.7 Å². The number of hydrogen-bond donors (Lipinski definition) is 1. The van der Waals surface area contributed by atoms with Crippen molar-refractivity contribution >= 4 is 43.7 Å². The Labute approximate surface area is 195 Å². The van der Waals surface area contributed by atoms with Gasteiger partial charge in [0.2, 0.25) is 10.0 Å². The Bertz CT molecular complexity index is 1500. The maximum absolute atomic E-state index is 13.8. The average molecular weight is 485 g/mol. The molecule has 1 N–H and O–H groups in total. The zero-order valence-electron chi connectivity index (χ0n) is 18.4. The minimum absolute atomic E-state index is 0.0612. The number of hydrogen-bond acceptors (Lipinski definition) is 7. The molecule has 0 saturated carbocycles. The lowest BCUT2D eigenvalue weighted by atomic mass is 10.0. The van der Waals surface area contributed by atoms with Crippen molar-refractivity contribution in [2.75, 3.05) is 13.2 Å². The molecule has 1 unspecified atom stereocenters. The molecule has 8 nitrogen and oxygen atoms in total. The van der Waals surface area contributed by atoms with Crippen LogP contribution >= 0.6 is 11.7 Å². The standard InChI is InChI=1S/C23H24N4O4S2/c1-14-8-9-16-11-17(23(28)24-21(16)15(14)2)12-27(13-18-5-4-10-31-18)33(29,30)20-7-3-6-19-22(20)26-32-25-19/h3,6-9,11,18H,4-5,10,12-13H2,1-2H3,(H,24,28). The van der Waals surface area contributed by atoms with Crippen molar-refractivity contribution in [2.45, 2.75) is 44.2 Å². The van der Waals surface area contributed by atoms with Crippen LogP contribution in [0.5, 0.6) is 0 Å². The van der Waals surface area contributed by atoms with Crippen LogP contribution in [-0.4, -0.2) is 45.7 Å². The molecule has 33 heavy (non-hydrogen) atoms. The fraction of sp³-hybridized carbons (Fsp3) is 0.348. The number of H-pyrrole nitrogens is 1. The molecular weight excluding hydrogens is 460 g/mol. The third-order valence-electron chi connectivity index (χ3n) is 6.27. The van der Waals surface area contributed by atoms with E-state index in [1.807, 2.05) is 26.0 Å². The fourth-order valence-electron chi connectivity index (χ4n) is 4.27. The Morgan fingerprint density at radius 2 is 2.06 bits per heavy atom. The summed E-state index contributed by atoms with van der Waals surface area (Å²) in [5.74, 6) is 0. The highest BCUT2D eigenvalue weighted by Gasteiger charge is 2.32. The lowest BCUT2D eigenvalue weighted by Gasteiger charge is -2.25. The molecule has 1 fully saturated rings. The molecular formula is C23H24N4O4S2. The van der Waals surface area contributed by atoms with Crippen LogP contribution in [0.2, 0.25) is 0 Å². The van der Waals surface area contributed by atoms with E-state index in [0.717, 1.165) is 46.6 Å². The van der Waals surface area contributed by atoms with Gasteiger partial charge < -0.3 is 9.72 Å². The van der Waals surface area contributed by atoms with Crippen LogP contribution in [0.3, 0.4) is 0 Å². The van der Waals surface area contributed by atoms with Gasteiger partial charge in [-0.25, -0.2) is 8.42 Å². The molecule has 1 aliphatic heterocycles. The lowest BCUT2D eigenvalue weighted by Crippen LogP contribution is -2.38. The van der Waals surface area contributed by atoms with E-state index >= 15 is 0 Å². The number of pyridine rings is 1. The van der Waals surface area contributed by atoms with Crippen molar-refractivity contribution in [1.29, 1.82) is 0 Å². The Kier molecular flexibility index (Phi) is 5.77. The fourth-order valence-corrected chi connectivity index (χ4v) is 6.47. The predicted octanol–water partition coefficient (Wildman–Crippen LogP) is 3.52. The summed E-state index contributed by atoms with van der Waals surface area (Å²) in [5.41, 5.74) is 3.83. The van der Waals surface area contributed by atoms with Crippen LogP contribution in [0.15, 0.2) is 46.1 Å². The van der Waals surface area contributed by atoms with E-state index in [9.17, 15) is 13.2 Å². The van der Waals surface area contributed by atoms with E-state index in [-0.39, 0.29) is 29.6 Å². The second-order valence-corrected chi connectivity index (χ2v) is 10.9. The van der Waals surface area contributed by atoms with Gasteiger partial charge in [0, 0.05) is 25.3 Å². The Balaban J connectivity index is 1.59. The van der Waals surface area contributed by atoms with Crippen molar-refractivity contribution in [3.8, 4) is 0 Å². The van der Waals surface area contributed by atoms with Crippen molar-refractivity contribution < 1.29 is 13.2 Å². The SMILES string of the molecule is Cc1ccc2cc(CN(CC3CCCO3)S(=O)(=O)c3cccc4nsnc34)c(=O)[nH]c2c1C. The first kappa shape index (κ1) is 22.1. The third-order valence-corrected chi connectivity index (χ3v) is 8.66. The van der Waals surface area contributed by atoms with E-state index in [4.69, 9.17) is 4.74 Å². The highest BCUT2D eigenvalue weighted by molar-refractivity contribution is 7.89. The van der Waals surface area contributed by atoms with E-state index in [1.165, 1.54) is 4.31 Å². The number of rotatable bonds is 6. The molecule has 0 bridgehead atoms. The maximum Gasteiger partial charge on any atom is 0.252 e. The zero-order chi connectivity index (χ0) is 23.2. The van der Waals surface area contributed by atoms with Gasteiger partial charge >= 0.3 is 0 Å². The zero-order valence-corrected chi connectivity index (χ0v) is 20.0. The van der Waals surface area contributed by atoms with Crippen LogP contribution in [0.4, 0.5) is 0 Å². The van der Waals surface area contributed by atoms with Gasteiger partial charge in [-0.1, -0.05) is 18.2 Å². The molecule has 1 saturated heterocycles. The van der Waals surface area contributed by atoms with Crippen LogP contribution < -0.4 is 5.56 Å². The first-order valence-corrected chi connectivity index (χ1v) is 13.0. The number of fused-ring (bicyclic) bond motifs is 2. The van der Waals surface area contributed by atoms with Crippen molar-refractivity contribution in [3.05, 3.63) is 63.4 Å². The molecule has 4 aromatic rings. The molecule has 1 atom stereocenters. The summed E-state index contributed by atoms with van der Waals surface area (Å²) >= 11 is 0.975. The number of benzene rings is 2. The summed E-state index contributed by atoms with van der Waals surface area (Å²) in [5, 5.41) is 0.868. The molecule has 3 heterocycles. The summed E-state index contributed by atoms with van der Waals surface area (Å²) in [6, 6.07) is 10.7. The molecule has 1 aliphatic rings. The lowest BCUT2D eigenvalue weighted by molar-refractivity contribution is 0.0925. The van der Waals surface area contributed by atoms with E-state index < -0.39 is 10.0 Å². The van der Waals surface area contributed by atoms with Crippen LogP contribution in [0.1, 0.15) is 29.5 Å². The first-order valence-electron chi connectivity index (χ1n) is 10.8. The quantitative estimate of drug-likeness (QED) is 0.449. The van der Waals surface area contributed by atoms with Gasteiger partial charge in [0.15, 0.2) is 0 Å². The van der Waals surface area contributed by atoms with Gasteiger partial charge in [-0.3, -0.25) is 4.79 Å². The molecule has 10 heteroatoms. The number of nitrogens with one attached hydrogen (secondary N) is 1. The number of nitrogens with zero attached hydrogens (tertiary/aromatic N) is 3. The summed E-state index contributed by atoms with van der Waals surface area (Å²) in [6.45, 7) is 4.67. The third kappa shape index (κ3) is 4.08. The highest BCUT2D eigenvalue weighted by atomic mass is 32.2. The predicted molar refractivity (Wildman–Crippen MR) is 128 cm³/mol. The Morgan fingerprint density at radius 1 is 1.21 bits per heavy atom. The average Bonchev–Trinajstić information content (AvgIpc) is 3.48. The molecule has 2 aromatic carbocycles. The Morgan fingerprint density at radius 3 is 2.85 bits per heavy atom. The van der Waals surface area contributed by atoms with Crippen LogP contribution in [0.25, 0.3) is 21.9 Å². The smallest absolute Gasteiger partial charge is 0.252 e. The van der Waals surface area contributed by atoms with Crippen molar-refractivity contribution in [2.24, 2.45) is 0 Å². The summed E-state index contributed by atoms with van der Waals surface area (Å²) in [6.07, 6.45) is 1.46. The summed E-state index contributed by atoms with van der Waals surface area (Å²) in [7, 11) is -3.96. The number of sulfonamides is 1. The molecule has 2 aromatic heterocycles. The van der Waals surface area contributed by atoms with Gasteiger partial charge in [-0.15, -0.1) is 0 Å². The second-order valence-electron chi connectivity index (χ2n) is 8.42. The number of aromatic nitrogens is 3. The minimum atomic E-state index is -3.96. The van der Waals surface area contributed by atoms with Gasteiger partial charge in [-0.2, -0.15) is 13.1 Å². The van der Waals surface area contributed by atoms with Gasteiger partial charge in [0.05, 0.1) is 23.3 Å².